The number of halogens is 3. The molecule has 0 radical (unpaired) electrons. The van der Waals surface area contributed by atoms with Crippen LogP contribution in [-0.2, 0) is 22.1 Å². The number of nitrogens with one attached hydrogen (secondary N) is 3. The van der Waals surface area contributed by atoms with Crippen molar-refractivity contribution in [3.63, 3.8) is 0 Å². The molecule has 0 spiro atoms. The summed E-state index contributed by atoms with van der Waals surface area (Å²) in [6, 6.07) is 8.72. The third-order valence-corrected chi connectivity index (χ3v) is 4.63. The van der Waals surface area contributed by atoms with Gasteiger partial charge >= 0.3 is 18.2 Å². The molecule has 0 aromatic heterocycles. The summed E-state index contributed by atoms with van der Waals surface area (Å²) in [5.41, 5.74) is 5.68. The van der Waals surface area contributed by atoms with E-state index < -0.39 is 47.3 Å². The van der Waals surface area contributed by atoms with Crippen LogP contribution in [-0.4, -0.2) is 46.7 Å². The highest BCUT2D eigenvalue weighted by molar-refractivity contribution is 5.98. The summed E-state index contributed by atoms with van der Waals surface area (Å²) in [7, 11) is 0. The maximum absolute atomic E-state index is 13.4. The molecule has 0 unspecified atom stereocenters. The van der Waals surface area contributed by atoms with E-state index in [0.717, 1.165) is 6.07 Å². The van der Waals surface area contributed by atoms with E-state index in [9.17, 15) is 32.7 Å². The number of hydrazine groups is 1. The average molecular weight is 509 g/mol. The van der Waals surface area contributed by atoms with Gasteiger partial charge in [-0.25, -0.2) is 14.6 Å². The van der Waals surface area contributed by atoms with E-state index in [4.69, 9.17) is 15.9 Å². The molecule has 0 heterocycles. The van der Waals surface area contributed by atoms with Crippen molar-refractivity contribution in [2.75, 3.05) is 11.9 Å². The van der Waals surface area contributed by atoms with Crippen LogP contribution in [0, 0.1) is 11.3 Å². The van der Waals surface area contributed by atoms with E-state index in [-0.39, 0.29) is 24.6 Å². The number of aliphatic carboxylic acids is 1. The second-order valence-electron chi connectivity index (χ2n) is 8.16. The van der Waals surface area contributed by atoms with Gasteiger partial charge in [0.15, 0.2) is 12.0 Å². The number of carbonyl (C=O) groups is 3. The standard InChI is InChI=1S/C23H26F3N5O5/c1-13(2)12-36-22(35)31(18(20(33)34)8-14-6-4-3-5-7-14)30-19(32)15-9-16(23(24,25)26)11-17(10-15)29-21(27)28/h3-7,9-11,13,18H,8,12H2,1-2H3,(H,30,32)(H,33,34)(H4,27,28,29)/t18-/m0/s1. The van der Waals surface area contributed by atoms with Gasteiger partial charge in [0.05, 0.1) is 12.2 Å². The number of benzene rings is 2. The molecule has 0 saturated carbocycles. The Balaban J connectivity index is 2.45. The second kappa shape index (κ2) is 11.9. The predicted octanol–water partition coefficient (Wildman–Crippen LogP) is 3.45. The molecular formula is C23H26F3N5O5. The minimum Gasteiger partial charge on any atom is -0.480 e. The number of carboxylic acid groups (broad SMARTS) is 1. The lowest BCUT2D eigenvalue weighted by molar-refractivity contribution is -0.143. The SMILES string of the molecule is CC(C)COC(=O)N(NC(=O)c1cc(NC(=N)N)cc(C(F)(F)F)c1)[C@@H](Cc1ccccc1)C(=O)O. The molecule has 0 aliphatic carbocycles. The number of alkyl halides is 3. The number of hydrogen-bond donors (Lipinski definition) is 5. The highest BCUT2D eigenvalue weighted by Gasteiger charge is 2.35. The number of hydrogen-bond acceptors (Lipinski definition) is 5. The largest absolute Gasteiger partial charge is 0.480 e. The van der Waals surface area contributed by atoms with Gasteiger partial charge in [-0.05, 0) is 29.7 Å². The first kappa shape index (κ1) is 28.0. The van der Waals surface area contributed by atoms with Crippen molar-refractivity contribution in [2.24, 2.45) is 11.7 Å². The first-order valence-corrected chi connectivity index (χ1v) is 10.6. The lowest BCUT2D eigenvalue weighted by atomic mass is 10.1. The van der Waals surface area contributed by atoms with Crippen molar-refractivity contribution in [3.8, 4) is 0 Å². The van der Waals surface area contributed by atoms with Crippen molar-refractivity contribution in [1.82, 2.24) is 10.4 Å². The van der Waals surface area contributed by atoms with Crippen LogP contribution in [0.25, 0.3) is 0 Å². The third kappa shape index (κ3) is 8.18. The van der Waals surface area contributed by atoms with Crippen LogP contribution in [0.15, 0.2) is 48.5 Å². The lowest BCUT2D eigenvalue weighted by Gasteiger charge is -2.29. The molecule has 10 nitrogen and oxygen atoms in total. The van der Waals surface area contributed by atoms with Gasteiger partial charge in [-0.2, -0.15) is 13.2 Å². The molecule has 36 heavy (non-hydrogen) atoms. The molecule has 2 aromatic carbocycles. The van der Waals surface area contributed by atoms with Gasteiger partial charge in [0, 0.05) is 17.7 Å². The molecular weight excluding hydrogens is 483 g/mol. The Morgan fingerprint density at radius 3 is 2.31 bits per heavy atom. The smallest absolute Gasteiger partial charge is 0.429 e. The van der Waals surface area contributed by atoms with Crippen molar-refractivity contribution >= 4 is 29.6 Å². The molecule has 194 valence electrons. The Labute approximate surface area is 204 Å². The summed E-state index contributed by atoms with van der Waals surface area (Å²) in [6.45, 7) is 3.38. The number of anilines is 1. The van der Waals surface area contributed by atoms with Gasteiger partial charge < -0.3 is 20.9 Å². The number of amides is 2. The van der Waals surface area contributed by atoms with Crippen LogP contribution < -0.4 is 16.5 Å². The van der Waals surface area contributed by atoms with E-state index >= 15 is 0 Å². The van der Waals surface area contributed by atoms with Crippen molar-refractivity contribution in [3.05, 3.63) is 65.2 Å². The van der Waals surface area contributed by atoms with Crippen molar-refractivity contribution in [1.29, 1.82) is 5.41 Å². The zero-order valence-corrected chi connectivity index (χ0v) is 19.4. The van der Waals surface area contributed by atoms with Crippen LogP contribution in [0.3, 0.4) is 0 Å². The lowest BCUT2D eigenvalue weighted by Crippen LogP contribution is -2.56. The maximum atomic E-state index is 13.4. The summed E-state index contributed by atoms with van der Waals surface area (Å²) >= 11 is 0. The average Bonchev–Trinajstić information content (AvgIpc) is 2.78. The first-order valence-electron chi connectivity index (χ1n) is 10.6. The molecule has 6 N–H and O–H groups in total. The van der Waals surface area contributed by atoms with Crippen molar-refractivity contribution in [2.45, 2.75) is 32.5 Å². The third-order valence-electron chi connectivity index (χ3n) is 4.63. The summed E-state index contributed by atoms with van der Waals surface area (Å²) in [5, 5.41) is 19.7. The highest BCUT2D eigenvalue weighted by atomic mass is 19.4. The number of ether oxygens (including phenoxy) is 1. The maximum Gasteiger partial charge on any atom is 0.429 e. The Kier molecular flexibility index (Phi) is 9.25. The number of guanidine groups is 1. The van der Waals surface area contributed by atoms with Gasteiger partial charge in [-0.1, -0.05) is 44.2 Å². The fraction of sp³-hybridized carbons (Fsp3) is 0.304. The van der Waals surface area contributed by atoms with Crippen LogP contribution in [0.5, 0.6) is 0 Å². The van der Waals surface area contributed by atoms with Gasteiger partial charge in [-0.3, -0.25) is 15.6 Å². The van der Waals surface area contributed by atoms with Crippen LogP contribution in [0.4, 0.5) is 23.7 Å². The highest BCUT2D eigenvalue weighted by Crippen LogP contribution is 2.32. The Hall–Kier alpha value is -4.29. The van der Waals surface area contributed by atoms with E-state index in [2.05, 4.69) is 10.7 Å². The van der Waals surface area contributed by atoms with E-state index in [1.54, 1.807) is 44.2 Å². The van der Waals surface area contributed by atoms with Crippen LogP contribution in [0.2, 0.25) is 0 Å². The summed E-state index contributed by atoms with van der Waals surface area (Å²) < 4.78 is 45.3. The zero-order chi connectivity index (χ0) is 27.0. The number of rotatable bonds is 8. The summed E-state index contributed by atoms with van der Waals surface area (Å²) in [4.78, 5) is 37.8. The number of carboxylic acids is 1. The fourth-order valence-electron chi connectivity index (χ4n) is 3.01. The topological polar surface area (TPSA) is 158 Å². The molecule has 0 aliphatic heterocycles. The van der Waals surface area contributed by atoms with Crippen LogP contribution >= 0.6 is 0 Å². The molecule has 13 heteroatoms. The van der Waals surface area contributed by atoms with Crippen LogP contribution in [0.1, 0.15) is 35.3 Å². The molecule has 0 bridgehead atoms. The van der Waals surface area contributed by atoms with Crippen molar-refractivity contribution < 1.29 is 37.4 Å². The Morgan fingerprint density at radius 2 is 1.78 bits per heavy atom. The monoisotopic (exact) mass is 509 g/mol. The van der Waals surface area contributed by atoms with E-state index in [1.807, 2.05) is 0 Å². The molecule has 0 fully saturated rings. The van der Waals surface area contributed by atoms with E-state index in [1.165, 1.54) is 0 Å². The number of nitrogens with two attached hydrogens (primary N) is 1. The first-order chi connectivity index (χ1) is 16.8. The number of nitrogens with zero attached hydrogens (tertiary/aromatic N) is 1. The Morgan fingerprint density at radius 1 is 1.14 bits per heavy atom. The minimum absolute atomic E-state index is 0.0981. The molecule has 2 rings (SSSR count). The van der Waals surface area contributed by atoms with E-state index in [0.29, 0.717) is 22.7 Å². The quantitative estimate of drug-likeness (QED) is 0.207. The molecule has 2 aromatic rings. The van der Waals surface area contributed by atoms with Gasteiger partial charge in [0.2, 0.25) is 0 Å². The second-order valence-corrected chi connectivity index (χ2v) is 8.16. The molecule has 1 atom stereocenters. The predicted molar refractivity (Wildman–Crippen MR) is 124 cm³/mol. The fourth-order valence-corrected chi connectivity index (χ4v) is 3.01. The molecule has 0 aliphatic rings. The number of carbonyl (C=O) groups excluding carboxylic acids is 2. The zero-order valence-electron chi connectivity index (χ0n) is 19.4. The molecule has 0 saturated heterocycles. The normalized spacial score (nSPS) is 11.9. The summed E-state index contributed by atoms with van der Waals surface area (Å²) in [6.07, 6.45) is -6.28. The Bertz CT molecular complexity index is 1110. The minimum atomic E-state index is -4.85. The summed E-state index contributed by atoms with van der Waals surface area (Å²) in [5.74, 6) is -3.49. The van der Waals surface area contributed by atoms with Gasteiger partial charge in [0.1, 0.15) is 0 Å². The van der Waals surface area contributed by atoms with Gasteiger partial charge in [-0.15, -0.1) is 0 Å². The van der Waals surface area contributed by atoms with Gasteiger partial charge in [0.25, 0.3) is 5.91 Å². The molecule has 2 amide bonds.